The van der Waals surface area contributed by atoms with Crippen molar-refractivity contribution >= 4 is 11.0 Å². The van der Waals surface area contributed by atoms with Crippen LogP contribution in [-0.4, -0.2) is 9.55 Å². The fourth-order valence-electron chi connectivity index (χ4n) is 1.75. The Bertz CT molecular complexity index is 592. The molecule has 0 saturated heterocycles. The summed E-state index contributed by atoms with van der Waals surface area (Å²) in [7, 11) is 0. The third-order valence-electron chi connectivity index (χ3n) is 2.49. The van der Waals surface area contributed by atoms with Crippen molar-refractivity contribution < 1.29 is 31.0 Å². The maximum Gasteiger partial charge on any atom is 1.00 e. The van der Waals surface area contributed by atoms with Crippen LogP contribution in [0, 0.1) is 0 Å². The zero-order valence-corrected chi connectivity index (χ0v) is 11.2. The Balaban J connectivity index is 0.000000722. The summed E-state index contributed by atoms with van der Waals surface area (Å²) in [5.74, 6) is 0. The average Bonchev–Trinajstić information content (AvgIpc) is 2.74. The van der Waals surface area contributed by atoms with E-state index in [0.29, 0.717) is 0 Å². The van der Waals surface area contributed by atoms with Gasteiger partial charge in [-0.15, -0.1) is 0 Å². The minimum Gasteiger partial charge on any atom is -1.00 e. The molecule has 2 aromatic carbocycles. The van der Waals surface area contributed by atoms with E-state index in [4.69, 9.17) is 0 Å². The number of fused-ring (bicyclic) bond motifs is 1. The van der Waals surface area contributed by atoms with E-state index in [-0.39, 0.29) is 31.0 Å². The number of hydrogen-bond acceptors (Lipinski definition) is 1. The molecule has 0 bridgehead atoms. The second kappa shape index (κ2) is 4.83. The molecule has 0 aliphatic carbocycles. The normalized spacial score (nSPS) is 10.0. The van der Waals surface area contributed by atoms with Gasteiger partial charge in [0.05, 0.1) is 11.0 Å². The summed E-state index contributed by atoms with van der Waals surface area (Å²) in [6, 6.07) is 18.4. The Labute approximate surface area is 118 Å². The minimum atomic E-state index is 0. The van der Waals surface area contributed by atoms with Gasteiger partial charge in [0.1, 0.15) is 6.33 Å². The van der Waals surface area contributed by atoms with Gasteiger partial charge in [0.15, 0.2) is 0 Å². The SMILES string of the molecule is [H-].[Na+].c1ccc(-n2cnc3ccccc32)cc1. The molecule has 3 rings (SSSR count). The maximum atomic E-state index is 4.36. The second-order valence-electron chi connectivity index (χ2n) is 3.44. The molecule has 0 aliphatic rings. The van der Waals surface area contributed by atoms with E-state index in [9.17, 15) is 0 Å². The molecular formula is C13H11N2Na. The summed E-state index contributed by atoms with van der Waals surface area (Å²) in [6.45, 7) is 0. The van der Waals surface area contributed by atoms with Gasteiger partial charge in [-0.3, -0.25) is 4.57 Å². The third-order valence-corrected chi connectivity index (χ3v) is 2.49. The van der Waals surface area contributed by atoms with Crippen molar-refractivity contribution in [3.63, 3.8) is 0 Å². The first-order chi connectivity index (χ1) is 7.45. The van der Waals surface area contributed by atoms with Crippen molar-refractivity contribution in [3.8, 4) is 5.69 Å². The number of hydrogen-bond donors (Lipinski definition) is 0. The fourth-order valence-corrected chi connectivity index (χ4v) is 1.75. The van der Waals surface area contributed by atoms with Crippen LogP contribution in [0.2, 0.25) is 0 Å². The Morgan fingerprint density at radius 1 is 0.875 bits per heavy atom. The first-order valence-electron chi connectivity index (χ1n) is 4.93. The standard InChI is InChI=1S/C13H10N2.Na.H/c1-2-6-11(7-3-1)15-10-14-12-8-4-5-9-13(12)15;;/h1-10H;;/q;+1;-1. The number of nitrogens with zero attached hydrogens (tertiary/aromatic N) is 2. The molecule has 0 fully saturated rings. The fraction of sp³-hybridized carbons (Fsp3) is 0. The molecule has 0 unspecified atom stereocenters. The topological polar surface area (TPSA) is 17.8 Å². The molecule has 74 valence electrons. The second-order valence-corrected chi connectivity index (χ2v) is 3.44. The Morgan fingerprint density at radius 2 is 1.56 bits per heavy atom. The van der Waals surface area contributed by atoms with Crippen molar-refractivity contribution in [2.45, 2.75) is 0 Å². The monoisotopic (exact) mass is 218 g/mol. The smallest absolute Gasteiger partial charge is 1.00 e. The molecule has 0 aliphatic heterocycles. The third kappa shape index (κ3) is 1.92. The summed E-state index contributed by atoms with van der Waals surface area (Å²) in [6.07, 6.45) is 1.86. The quantitative estimate of drug-likeness (QED) is 0.531. The number of aromatic nitrogens is 2. The predicted octanol–water partition coefficient (Wildman–Crippen LogP) is 0.142. The van der Waals surface area contributed by atoms with Gasteiger partial charge in [-0.1, -0.05) is 30.3 Å². The zero-order valence-electron chi connectivity index (χ0n) is 10.2. The molecule has 3 heteroatoms. The molecule has 1 aromatic heterocycles. The van der Waals surface area contributed by atoms with Crippen LogP contribution in [0.15, 0.2) is 60.9 Å². The van der Waals surface area contributed by atoms with Crippen molar-refractivity contribution in [3.05, 3.63) is 60.9 Å². The molecular weight excluding hydrogens is 207 g/mol. The first kappa shape index (κ1) is 11.4. The van der Waals surface area contributed by atoms with Crippen molar-refractivity contribution in [2.24, 2.45) is 0 Å². The van der Waals surface area contributed by atoms with E-state index >= 15 is 0 Å². The van der Waals surface area contributed by atoms with Gasteiger partial charge in [0.2, 0.25) is 0 Å². The van der Waals surface area contributed by atoms with Crippen LogP contribution in [0.25, 0.3) is 16.7 Å². The van der Waals surface area contributed by atoms with Crippen molar-refractivity contribution in [2.75, 3.05) is 0 Å². The van der Waals surface area contributed by atoms with Gasteiger partial charge >= 0.3 is 29.6 Å². The first-order valence-corrected chi connectivity index (χ1v) is 4.93. The van der Waals surface area contributed by atoms with Crippen molar-refractivity contribution in [1.29, 1.82) is 0 Å². The molecule has 0 spiro atoms. The molecule has 0 saturated carbocycles. The van der Waals surface area contributed by atoms with Crippen LogP contribution in [0.1, 0.15) is 1.43 Å². The Morgan fingerprint density at radius 3 is 2.38 bits per heavy atom. The van der Waals surface area contributed by atoms with Crippen LogP contribution in [0.3, 0.4) is 0 Å². The van der Waals surface area contributed by atoms with Gasteiger partial charge in [0.25, 0.3) is 0 Å². The largest absolute Gasteiger partial charge is 1.00 e. The van der Waals surface area contributed by atoms with E-state index in [1.54, 1.807) is 0 Å². The van der Waals surface area contributed by atoms with Crippen LogP contribution in [-0.2, 0) is 0 Å². The molecule has 0 radical (unpaired) electrons. The van der Waals surface area contributed by atoms with E-state index in [2.05, 4.69) is 27.8 Å². The van der Waals surface area contributed by atoms with Crippen LogP contribution < -0.4 is 29.6 Å². The molecule has 0 N–H and O–H groups in total. The van der Waals surface area contributed by atoms with Gasteiger partial charge in [0, 0.05) is 5.69 Å². The number of benzene rings is 2. The molecule has 16 heavy (non-hydrogen) atoms. The summed E-state index contributed by atoms with van der Waals surface area (Å²) < 4.78 is 2.09. The molecule has 0 atom stereocenters. The van der Waals surface area contributed by atoms with Gasteiger partial charge in [-0.2, -0.15) is 0 Å². The average molecular weight is 218 g/mol. The summed E-state index contributed by atoms with van der Waals surface area (Å²) in [5, 5.41) is 0. The molecule has 3 aromatic rings. The number of imidazole rings is 1. The van der Waals surface area contributed by atoms with E-state index in [1.807, 2.05) is 42.7 Å². The zero-order chi connectivity index (χ0) is 10.1. The number of para-hydroxylation sites is 3. The van der Waals surface area contributed by atoms with Gasteiger partial charge in [-0.05, 0) is 24.3 Å². The molecule has 2 nitrogen and oxygen atoms in total. The van der Waals surface area contributed by atoms with Crippen LogP contribution in [0.5, 0.6) is 0 Å². The van der Waals surface area contributed by atoms with Crippen LogP contribution >= 0.6 is 0 Å². The van der Waals surface area contributed by atoms with Gasteiger partial charge in [-0.25, -0.2) is 4.98 Å². The summed E-state index contributed by atoms with van der Waals surface area (Å²) >= 11 is 0. The predicted molar refractivity (Wildman–Crippen MR) is 62.2 cm³/mol. The summed E-state index contributed by atoms with van der Waals surface area (Å²) in [5.41, 5.74) is 3.32. The molecule has 1 heterocycles. The van der Waals surface area contributed by atoms with Crippen LogP contribution in [0.4, 0.5) is 0 Å². The maximum absolute atomic E-state index is 4.36. The summed E-state index contributed by atoms with van der Waals surface area (Å²) in [4.78, 5) is 4.36. The van der Waals surface area contributed by atoms with E-state index < -0.39 is 0 Å². The van der Waals surface area contributed by atoms with E-state index in [0.717, 1.165) is 16.7 Å². The van der Waals surface area contributed by atoms with Gasteiger partial charge < -0.3 is 1.43 Å². The Kier molecular flexibility index (Phi) is 3.44. The minimum absolute atomic E-state index is 0. The number of rotatable bonds is 1. The Hall–Kier alpha value is -1.09. The van der Waals surface area contributed by atoms with E-state index in [1.165, 1.54) is 0 Å². The molecule has 0 amide bonds. The van der Waals surface area contributed by atoms with Crippen molar-refractivity contribution in [1.82, 2.24) is 9.55 Å².